The molecule has 0 aliphatic heterocycles. The Kier molecular flexibility index (Phi) is 5.72. The largest absolute Gasteiger partial charge is 0.489 e. The number of amidine groups is 2. The molecule has 1 heterocycles. The Labute approximate surface area is 184 Å². The molecule has 0 amide bonds. The number of benzene rings is 3. The topological polar surface area (TPSA) is 131 Å². The van der Waals surface area contributed by atoms with Crippen molar-refractivity contribution in [3.8, 4) is 5.75 Å². The van der Waals surface area contributed by atoms with Crippen LogP contribution < -0.4 is 21.8 Å². The SMILES string of the molecule is N=C(N)c1cccc(COc2ccc3ccc(=O)n(Cc4cccc(C(=N)N)c4)c3c2)c1. The second-order valence-corrected chi connectivity index (χ2v) is 7.50. The van der Waals surface area contributed by atoms with Crippen molar-refractivity contribution in [2.24, 2.45) is 11.5 Å². The number of aromatic nitrogens is 1. The summed E-state index contributed by atoms with van der Waals surface area (Å²) < 4.78 is 7.64. The minimum atomic E-state index is -0.128. The van der Waals surface area contributed by atoms with Crippen molar-refractivity contribution in [1.29, 1.82) is 10.8 Å². The summed E-state index contributed by atoms with van der Waals surface area (Å²) in [5, 5.41) is 16.1. The molecule has 7 nitrogen and oxygen atoms in total. The van der Waals surface area contributed by atoms with Crippen LogP contribution in [-0.2, 0) is 13.2 Å². The van der Waals surface area contributed by atoms with E-state index < -0.39 is 0 Å². The average Bonchev–Trinajstić information content (AvgIpc) is 2.80. The molecule has 160 valence electrons. The van der Waals surface area contributed by atoms with E-state index >= 15 is 0 Å². The van der Waals surface area contributed by atoms with Gasteiger partial charge in [-0.3, -0.25) is 15.6 Å². The predicted octanol–water partition coefficient (Wildman–Crippen LogP) is 3.20. The summed E-state index contributed by atoms with van der Waals surface area (Å²) in [5.41, 5.74) is 14.8. The summed E-state index contributed by atoms with van der Waals surface area (Å²) in [6, 6.07) is 23.6. The lowest BCUT2D eigenvalue weighted by Crippen LogP contribution is -2.20. The lowest BCUT2D eigenvalue weighted by Gasteiger charge is -2.13. The number of nitrogens with zero attached hydrogens (tertiary/aromatic N) is 1. The molecule has 3 aromatic carbocycles. The second kappa shape index (κ2) is 8.77. The van der Waals surface area contributed by atoms with Crippen molar-refractivity contribution in [2.45, 2.75) is 13.2 Å². The van der Waals surface area contributed by atoms with E-state index in [1.54, 1.807) is 28.8 Å². The van der Waals surface area contributed by atoms with Crippen LogP contribution in [0, 0.1) is 10.8 Å². The van der Waals surface area contributed by atoms with Crippen LogP contribution in [0.15, 0.2) is 83.7 Å². The zero-order valence-electron chi connectivity index (χ0n) is 17.3. The van der Waals surface area contributed by atoms with E-state index in [1.807, 2.05) is 54.6 Å². The van der Waals surface area contributed by atoms with Gasteiger partial charge in [0.15, 0.2) is 0 Å². The predicted molar refractivity (Wildman–Crippen MR) is 127 cm³/mol. The normalized spacial score (nSPS) is 10.8. The van der Waals surface area contributed by atoms with Gasteiger partial charge in [-0.2, -0.15) is 0 Å². The van der Waals surface area contributed by atoms with Gasteiger partial charge in [0, 0.05) is 23.3 Å². The number of pyridine rings is 1. The average molecular weight is 425 g/mol. The van der Waals surface area contributed by atoms with Crippen LogP contribution in [0.1, 0.15) is 22.3 Å². The van der Waals surface area contributed by atoms with E-state index in [1.165, 1.54) is 0 Å². The van der Waals surface area contributed by atoms with Gasteiger partial charge in [-0.15, -0.1) is 0 Å². The summed E-state index contributed by atoms with van der Waals surface area (Å²) >= 11 is 0. The number of nitrogens with one attached hydrogen (secondary N) is 2. The Bertz CT molecular complexity index is 1390. The molecule has 6 N–H and O–H groups in total. The summed E-state index contributed by atoms with van der Waals surface area (Å²) in [5.74, 6) is 0.625. The molecule has 0 saturated heterocycles. The van der Waals surface area contributed by atoms with Crippen molar-refractivity contribution in [3.63, 3.8) is 0 Å². The summed E-state index contributed by atoms with van der Waals surface area (Å²) in [6.07, 6.45) is 0. The molecular weight excluding hydrogens is 402 g/mol. The zero-order valence-corrected chi connectivity index (χ0v) is 17.3. The fourth-order valence-electron chi connectivity index (χ4n) is 3.54. The highest BCUT2D eigenvalue weighted by molar-refractivity contribution is 5.95. The van der Waals surface area contributed by atoms with Crippen LogP contribution in [-0.4, -0.2) is 16.2 Å². The third kappa shape index (κ3) is 4.52. The second-order valence-electron chi connectivity index (χ2n) is 7.50. The Morgan fingerprint density at radius 2 is 1.44 bits per heavy atom. The van der Waals surface area contributed by atoms with Crippen molar-refractivity contribution in [2.75, 3.05) is 0 Å². The lowest BCUT2D eigenvalue weighted by atomic mass is 10.1. The summed E-state index contributed by atoms with van der Waals surface area (Å²) in [6.45, 7) is 0.658. The first-order chi connectivity index (χ1) is 15.4. The highest BCUT2D eigenvalue weighted by Crippen LogP contribution is 2.22. The molecule has 4 aromatic rings. The van der Waals surface area contributed by atoms with Crippen LogP contribution in [0.2, 0.25) is 0 Å². The van der Waals surface area contributed by atoms with Gasteiger partial charge in [0.1, 0.15) is 24.0 Å². The number of rotatable bonds is 7. The maximum atomic E-state index is 12.7. The molecule has 7 heteroatoms. The van der Waals surface area contributed by atoms with Crippen molar-refractivity contribution in [1.82, 2.24) is 4.57 Å². The number of ether oxygens (including phenoxy) is 1. The molecule has 0 aliphatic carbocycles. The lowest BCUT2D eigenvalue weighted by molar-refractivity contribution is 0.306. The zero-order chi connectivity index (χ0) is 22.7. The van der Waals surface area contributed by atoms with E-state index in [2.05, 4.69) is 0 Å². The van der Waals surface area contributed by atoms with Gasteiger partial charge >= 0.3 is 0 Å². The molecule has 0 saturated carbocycles. The van der Waals surface area contributed by atoms with Gasteiger partial charge in [-0.25, -0.2) is 0 Å². The Hall–Kier alpha value is -4.39. The first-order valence-electron chi connectivity index (χ1n) is 10.0. The Balaban J connectivity index is 1.64. The first kappa shape index (κ1) is 20.9. The number of nitrogens with two attached hydrogens (primary N) is 2. The summed E-state index contributed by atoms with van der Waals surface area (Å²) in [4.78, 5) is 12.7. The van der Waals surface area contributed by atoms with E-state index in [-0.39, 0.29) is 17.2 Å². The fourth-order valence-corrected chi connectivity index (χ4v) is 3.54. The van der Waals surface area contributed by atoms with Crippen LogP contribution in [0.25, 0.3) is 10.9 Å². The molecule has 0 radical (unpaired) electrons. The molecule has 4 rings (SSSR count). The van der Waals surface area contributed by atoms with E-state index in [0.717, 1.165) is 22.0 Å². The molecular formula is C25H23N5O2. The maximum absolute atomic E-state index is 12.7. The van der Waals surface area contributed by atoms with E-state index in [0.29, 0.717) is 30.0 Å². The number of fused-ring (bicyclic) bond motifs is 1. The van der Waals surface area contributed by atoms with E-state index in [9.17, 15) is 4.79 Å². The third-order valence-corrected chi connectivity index (χ3v) is 5.19. The number of hydrogen-bond acceptors (Lipinski definition) is 4. The molecule has 32 heavy (non-hydrogen) atoms. The molecule has 1 aromatic heterocycles. The summed E-state index contributed by atoms with van der Waals surface area (Å²) in [7, 11) is 0. The van der Waals surface area contributed by atoms with Gasteiger partial charge in [0.05, 0.1) is 12.1 Å². The molecule has 0 bridgehead atoms. The maximum Gasteiger partial charge on any atom is 0.251 e. The molecule has 0 unspecified atom stereocenters. The van der Waals surface area contributed by atoms with Crippen LogP contribution in [0.4, 0.5) is 0 Å². The van der Waals surface area contributed by atoms with Gasteiger partial charge in [0.25, 0.3) is 5.56 Å². The van der Waals surface area contributed by atoms with Crippen molar-refractivity contribution >= 4 is 22.6 Å². The van der Waals surface area contributed by atoms with Gasteiger partial charge in [-0.1, -0.05) is 36.4 Å². The Morgan fingerprint density at radius 3 is 2.12 bits per heavy atom. The minimum Gasteiger partial charge on any atom is -0.489 e. The third-order valence-electron chi connectivity index (χ3n) is 5.19. The van der Waals surface area contributed by atoms with Crippen molar-refractivity contribution in [3.05, 3.63) is 111 Å². The number of nitrogen functional groups attached to an aromatic ring is 2. The number of hydrogen-bond donors (Lipinski definition) is 4. The molecule has 0 fully saturated rings. The van der Waals surface area contributed by atoms with Crippen molar-refractivity contribution < 1.29 is 4.74 Å². The fraction of sp³-hybridized carbons (Fsp3) is 0.0800. The van der Waals surface area contributed by atoms with Crippen LogP contribution >= 0.6 is 0 Å². The highest BCUT2D eigenvalue weighted by Gasteiger charge is 2.08. The smallest absolute Gasteiger partial charge is 0.251 e. The van der Waals surface area contributed by atoms with Crippen LogP contribution in [0.3, 0.4) is 0 Å². The minimum absolute atomic E-state index is 0.00964. The quantitative estimate of drug-likeness (QED) is 0.267. The highest BCUT2D eigenvalue weighted by atomic mass is 16.5. The Morgan fingerprint density at radius 1 is 0.812 bits per heavy atom. The molecule has 0 spiro atoms. The molecule has 0 aliphatic rings. The van der Waals surface area contributed by atoms with Gasteiger partial charge in [0.2, 0.25) is 0 Å². The van der Waals surface area contributed by atoms with Gasteiger partial charge < -0.3 is 20.8 Å². The van der Waals surface area contributed by atoms with Gasteiger partial charge in [-0.05, 0) is 46.8 Å². The first-order valence-corrected chi connectivity index (χ1v) is 10.0. The standard InChI is InChI=1S/C25H23N5O2/c26-24(27)19-5-1-3-16(11-19)14-30-22-13-21(9-7-18(22)8-10-23(30)31)32-15-17-4-2-6-20(12-17)25(28)29/h1-13H,14-15H2,(H3,26,27)(H3,28,29). The molecule has 0 atom stereocenters. The monoisotopic (exact) mass is 425 g/mol. The van der Waals surface area contributed by atoms with E-state index in [4.69, 9.17) is 27.0 Å². The van der Waals surface area contributed by atoms with Crippen LogP contribution in [0.5, 0.6) is 5.75 Å².